The largest absolute Gasteiger partial charge is 0.336 e. The summed E-state index contributed by atoms with van der Waals surface area (Å²) in [6.45, 7) is 2.26. The maximum atomic E-state index is 13.7. The molecule has 1 saturated carbocycles. The summed E-state index contributed by atoms with van der Waals surface area (Å²) >= 11 is 6.17. The molecule has 1 aliphatic heterocycles. The molecule has 1 aromatic heterocycles. The van der Waals surface area contributed by atoms with Crippen molar-refractivity contribution in [3.8, 4) is 0 Å². The number of carbonyl (C=O) groups excluding carboxylic acids is 2. The minimum atomic E-state index is -0.480. The Kier molecular flexibility index (Phi) is 6.26. The lowest BCUT2D eigenvalue weighted by atomic mass is 9.84. The average molecular weight is 477 g/mol. The van der Waals surface area contributed by atoms with E-state index in [1.165, 1.54) is 0 Å². The van der Waals surface area contributed by atoms with Crippen molar-refractivity contribution in [3.05, 3.63) is 70.6 Å². The van der Waals surface area contributed by atoms with E-state index >= 15 is 0 Å². The Morgan fingerprint density at radius 2 is 1.88 bits per heavy atom. The Bertz CT molecular complexity index is 1250. The molecule has 0 bridgehead atoms. The molecular formula is C27H29ClN4O2. The molecule has 2 fully saturated rings. The summed E-state index contributed by atoms with van der Waals surface area (Å²) in [6.07, 6.45) is 4.95. The van der Waals surface area contributed by atoms with Crippen LogP contribution in [0.4, 0.5) is 0 Å². The summed E-state index contributed by atoms with van der Waals surface area (Å²) < 4.78 is 0. The number of para-hydroxylation sites is 1. The lowest BCUT2D eigenvalue weighted by Crippen LogP contribution is -2.49. The Hall–Kier alpha value is -2.99. The number of rotatable bonds is 4. The average Bonchev–Trinajstić information content (AvgIpc) is 3.22. The Morgan fingerprint density at radius 1 is 1.09 bits per heavy atom. The molecule has 2 heterocycles. The smallest absolute Gasteiger partial charge is 0.254 e. The van der Waals surface area contributed by atoms with Crippen molar-refractivity contribution in [3.63, 3.8) is 0 Å². The first-order valence-corrected chi connectivity index (χ1v) is 12.4. The second kappa shape index (κ2) is 9.34. The highest BCUT2D eigenvalue weighted by molar-refractivity contribution is 6.31. The zero-order chi connectivity index (χ0) is 23.8. The van der Waals surface area contributed by atoms with Crippen molar-refractivity contribution in [1.29, 1.82) is 0 Å². The number of likely N-dealkylation sites (N-methyl/N-ethyl adjacent to an activating group) is 1. The molecule has 3 atom stereocenters. The SMILES string of the molecule is Cc1nc(CN(C)C(=O)C2CC3CCCCC3N2C(=O)c2cccc(Cl)c2)nc2ccccc12. The van der Waals surface area contributed by atoms with Gasteiger partial charge in [0.1, 0.15) is 11.9 Å². The van der Waals surface area contributed by atoms with Gasteiger partial charge in [-0.1, -0.05) is 48.7 Å². The minimum Gasteiger partial charge on any atom is -0.336 e. The van der Waals surface area contributed by atoms with Gasteiger partial charge in [-0.15, -0.1) is 0 Å². The van der Waals surface area contributed by atoms with E-state index in [2.05, 4.69) is 9.97 Å². The van der Waals surface area contributed by atoms with Crippen molar-refractivity contribution in [2.45, 2.75) is 57.7 Å². The van der Waals surface area contributed by atoms with Gasteiger partial charge >= 0.3 is 0 Å². The van der Waals surface area contributed by atoms with Crippen molar-refractivity contribution in [2.24, 2.45) is 5.92 Å². The second-order valence-corrected chi connectivity index (χ2v) is 9.96. The molecule has 0 spiro atoms. The predicted octanol–water partition coefficient (Wildman–Crippen LogP) is 5.02. The van der Waals surface area contributed by atoms with Crippen LogP contribution < -0.4 is 0 Å². The van der Waals surface area contributed by atoms with Crippen molar-refractivity contribution >= 4 is 34.3 Å². The van der Waals surface area contributed by atoms with E-state index in [1.807, 2.05) is 36.1 Å². The van der Waals surface area contributed by atoms with Crippen LogP contribution in [-0.4, -0.2) is 50.7 Å². The van der Waals surface area contributed by atoms with Gasteiger partial charge in [-0.2, -0.15) is 0 Å². The highest BCUT2D eigenvalue weighted by Crippen LogP contribution is 2.41. The van der Waals surface area contributed by atoms with Gasteiger partial charge in [-0.25, -0.2) is 9.97 Å². The van der Waals surface area contributed by atoms with E-state index < -0.39 is 6.04 Å². The molecule has 0 radical (unpaired) electrons. The van der Waals surface area contributed by atoms with Gasteiger partial charge in [0.25, 0.3) is 5.91 Å². The first kappa shape index (κ1) is 22.8. The van der Waals surface area contributed by atoms with Gasteiger partial charge in [0.05, 0.1) is 12.1 Å². The molecule has 2 aromatic carbocycles. The lowest BCUT2D eigenvalue weighted by Gasteiger charge is -2.34. The Balaban J connectivity index is 1.41. The number of hydrogen-bond acceptors (Lipinski definition) is 4. The fraction of sp³-hybridized carbons (Fsp3) is 0.407. The maximum absolute atomic E-state index is 13.7. The number of aromatic nitrogens is 2. The minimum absolute atomic E-state index is 0.0563. The molecule has 7 heteroatoms. The predicted molar refractivity (Wildman–Crippen MR) is 133 cm³/mol. The van der Waals surface area contributed by atoms with Gasteiger partial charge in [0, 0.05) is 34.8 Å². The van der Waals surface area contributed by atoms with E-state index in [0.29, 0.717) is 35.3 Å². The number of halogens is 1. The molecule has 3 aromatic rings. The van der Waals surface area contributed by atoms with Gasteiger partial charge in [0.2, 0.25) is 5.91 Å². The van der Waals surface area contributed by atoms with Crippen LogP contribution in [0.15, 0.2) is 48.5 Å². The van der Waals surface area contributed by atoms with E-state index in [0.717, 1.165) is 42.3 Å². The van der Waals surface area contributed by atoms with Gasteiger partial charge < -0.3 is 9.80 Å². The third kappa shape index (κ3) is 4.27. The summed E-state index contributed by atoms with van der Waals surface area (Å²) in [4.78, 5) is 40.1. The highest BCUT2D eigenvalue weighted by atomic mass is 35.5. The van der Waals surface area contributed by atoms with Crippen LogP contribution in [0, 0.1) is 12.8 Å². The van der Waals surface area contributed by atoms with Crippen molar-refractivity contribution < 1.29 is 9.59 Å². The standard InChI is InChI=1S/C27H29ClN4O2/c1-17-21-11-4-5-12-22(21)30-25(29-17)16-31(2)27(34)24-15-18-8-3-6-13-23(18)32(24)26(33)19-9-7-10-20(28)14-19/h4-5,7,9-12,14,18,23-24H,3,6,8,13,15-16H2,1-2H3. The normalized spacial score (nSPS) is 22.0. The first-order valence-electron chi connectivity index (χ1n) is 12.0. The molecule has 6 nitrogen and oxygen atoms in total. The zero-order valence-electron chi connectivity index (χ0n) is 19.6. The summed E-state index contributed by atoms with van der Waals surface area (Å²) in [5.74, 6) is 0.800. The number of fused-ring (bicyclic) bond motifs is 2. The number of likely N-dealkylation sites (tertiary alicyclic amines) is 1. The quantitative estimate of drug-likeness (QED) is 0.530. The van der Waals surface area contributed by atoms with Crippen molar-refractivity contribution in [1.82, 2.24) is 19.8 Å². The maximum Gasteiger partial charge on any atom is 0.254 e. The number of aryl methyl sites for hydroxylation is 1. The topological polar surface area (TPSA) is 66.4 Å². The van der Waals surface area contributed by atoms with E-state index in [1.54, 1.807) is 36.2 Å². The second-order valence-electron chi connectivity index (χ2n) is 9.52. The Morgan fingerprint density at radius 3 is 2.71 bits per heavy atom. The van der Waals surface area contributed by atoms with Crippen LogP contribution in [-0.2, 0) is 11.3 Å². The molecule has 2 amide bonds. The molecule has 3 unspecified atom stereocenters. The summed E-state index contributed by atoms with van der Waals surface area (Å²) in [5.41, 5.74) is 2.30. The molecule has 176 valence electrons. The molecule has 34 heavy (non-hydrogen) atoms. The summed E-state index contributed by atoms with van der Waals surface area (Å²) in [7, 11) is 1.78. The van der Waals surface area contributed by atoms with Crippen LogP contribution in [0.3, 0.4) is 0 Å². The third-order valence-corrected chi connectivity index (χ3v) is 7.51. The van der Waals surface area contributed by atoms with Crippen LogP contribution in [0.25, 0.3) is 10.9 Å². The third-order valence-electron chi connectivity index (χ3n) is 7.27. The van der Waals surface area contributed by atoms with Crippen LogP contribution >= 0.6 is 11.6 Å². The number of amides is 2. The number of hydrogen-bond donors (Lipinski definition) is 0. The molecule has 5 rings (SSSR count). The van der Waals surface area contributed by atoms with Crippen molar-refractivity contribution in [2.75, 3.05) is 7.05 Å². The molecule has 1 saturated heterocycles. The number of nitrogens with zero attached hydrogens (tertiary/aromatic N) is 4. The summed E-state index contributed by atoms with van der Waals surface area (Å²) in [5, 5.41) is 1.53. The van der Waals surface area contributed by atoms with Crippen LogP contribution in [0.1, 0.15) is 54.0 Å². The van der Waals surface area contributed by atoms with Crippen LogP contribution in [0.2, 0.25) is 5.02 Å². The molecular weight excluding hydrogens is 448 g/mol. The van der Waals surface area contributed by atoms with Gasteiger partial charge in [-0.3, -0.25) is 9.59 Å². The summed E-state index contributed by atoms with van der Waals surface area (Å²) in [6, 6.07) is 14.5. The lowest BCUT2D eigenvalue weighted by molar-refractivity contribution is -0.135. The fourth-order valence-electron chi connectivity index (χ4n) is 5.65. The van der Waals surface area contributed by atoms with E-state index in [9.17, 15) is 9.59 Å². The highest BCUT2D eigenvalue weighted by Gasteiger charge is 2.48. The molecule has 2 aliphatic rings. The first-order chi connectivity index (χ1) is 16.4. The molecule has 0 N–H and O–H groups in total. The zero-order valence-corrected chi connectivity index (χ0v) is 20.3. The Labute approximate surface area is 204 Å². The van der Waals surface area contributed by atoms with Gasteiger partial charge in [-0.05, 0) is 56.4 Å². The number of carbonyl (C=O) groups is 2. The van der Waals surface area contributed by atoms with E-state index in [4.69, 9.17) is 11.6 Å². The molecule has 1 aliphatic carbocycles. The van der Waals surface area contributed by atoms with Crippen LogP contribution in [0.5, 0.6) is 0 Å². The number of benzene rings is 2. The van der Waals surface area contributed by atoms with Gasteiger partial charge in [0.15, 0.2) is 0 Å². The monoisotopic (exact) mass is 476 g/mol. The van der Waals surface area contributed by atoms with E-state index in [-0.39, 0.29) is 17.9 Å². The fourth-order valence-corrected chi connectivity index (χ4v) is 5.84.